The Kier molecular flexibility index (Phi) is 5.19. The summed E-state index contributed by atoms with van der Waals surface area (Å²) in [6.45, 7) is 4.23. The summed E-state index contributed by atoms with van der Waals surface area (Å²) in [5.74, 6) is -0.368. The van der Waals surface area contributed by atoms with Gasteiger partial charge in [0.1, 0.15) is 5.69 Å². The third-order valence-corrected chi connectivity index (χ3v) is 4.32. The van der Waals surface area contributed by atoms with Gasteiger partial charge in [-0.3, -0.25) is 9.59 Å². The molecule has 3 aromatic rings. The number of halogens is 1. The highest BCUT2D eigenvalue weighted by Gasteiger charge is 2.11. The summed E-state index contributed by atoms with van der Waals surface area (Å²) in [5.41, 5.74) is 3.64. The lowest BCUT2D eigenvalue weighted by molar-refractivity contribution is 0.102. The van der Waals surface area contributed by atoms with Gasteiger partial charge in [-0.05, 0) is 60.9 Å². The second kappa shape index (κ2) is 7.54. The minimum Gasteiger partial charge on any atom is -0.321 e. The van der Waals surface area contributed by atoms with Crippen molar-refractivity contribution >= 4 is 23.2 Å². The predicted molar refractivity (Wildman–Crippen MR) is 103 cm³/mol. The zero-order valence-corrected chi connectivity index (χ0v) is 15.2. The number of aromatic nitrogens is 2. The average Bonchev–Trinajstić information content (AvgIpc) is 2.60. The van der Waals surface area contributed by atoms with Crippen molar-refractivity contribution in [3.63, 3.8) is 0 Å². The van der Waals surface area contributed by atoms with Crippen LogP contribution < -0.4 is 10.9 Å². The molecule has 2 aromatic carbocycles. The highest BCUT2D eigenvalue weighted by atomic mass is 35.5. The van der Waals surface area contributed by atoms with Gasteiger partial charge in [0.2, 0.25) is 0 Å². The van der Waals surface area contributed by atoms with E-state index in [0.717, 1.165) is 16.7 Å². The molecule has 0 aliphatic carbocycles. The van der Waals surface area contributed by atoms with Gasteiger partial charge >= 0.3 is 0 Å². The number of hydrogen-bond acceptors (Lipinski definition) is 3. The van der Waals surface area contributed by atoms with Crippen LogP contribution in [0.2, 0.25) is 5.02 Å². The molecule has 0 fully saturated rings. The lowest BCUT2D eigenvalue weighted by atomic mass is 10.1. The van der Waals surface area contributed by atoms with Crippen molar-refractivity contribution in [3.05, 3.63) is 92.4 Å². The molecule has 0 saturated heterocycles. The number of nitrogens with zero attached hydrogens (tertiary/aromatic N) is 2. The largest absolute Gasteiger partial charge is 0.321 e. The Labute approximate surface area is 156 Å². The standard InChI is InChI=1S/C20H18ClN3O2/c1-13-6-7-17(10-14(13)2)22-20(26)18-8-9-19(25)24(23-18)12-15-4-3-5-16(21)11-15/h3-11H,12H2,1-2H3,(H,22,26). The molecule has 0 aliphatic heterocycles. The number of nitrogens with one attached hydrogen (secondary N) is 1. The fourth-order valence-corrected chi connectivity index (χ4v) is 2.72. The monoisotopic (exact) mass is 367 g/mol. The van der Waals surface area contributed by atoms with E-state index < -0.39 is 0 Å². The summed E-state index contributed by atoms with van der Waals surface area (Å²) >= 11 is 5.97. The molecule has 0 bridgehead atoms. The highest BCUT2D eigenvalue weighted by Crippen LogP contribution is 2.15. The van der Waals surface area contributed by atoms with Crippen molar-refractivity contribution in [2.75, 3.05) is 5.32 Å². The van der Waals surface area contributed by atoms with E-state index >= 15 is 0 Å². The molecule has 1 heterocycles. The second-order valence-electron chi connectivity index (χ2n) is 6.10. The molecule has 0 atom stereocenters. The molecule has 132 valence electrons. The Bertz CT molecular complexity index is 1030. The number of amides is 1. The van der Waals surface area contributed by atoms with Crippen molar-refractivity contribution in [2.45, 2.75) is 20.4 Å². The zero-order valence-electron chi connectivity index (χ0n) is 14.5. The van der Waals surface area contributed by atoms with Crippen molar-refractivity contribution < 1.29 is 4.79 Å². The summed E-state index contributed by atoms with van der Waals surface area (Å²) in [5, 5.41) is 7.57. The topological polar surface area (TPSA) is 64.0 Å². The van der Waals surface area contributed by atoms with Crippen LogP contribution in [-0.4, -0.2) is 15.7 Å². The van der Waals surface area contributed by atoms with Gasteiger partial charge < -0.3 is 5.32 Å². The number of benzene rings is 2. The Hall–Kier alpha value is -2.92. The molecule has 1 N–H and O–H groups in total. The van der Waals surface area contributed by atoms with Crippen LogP contribution in [0, 0.1) is 13.8 Å². The van der Waals surface area contributed by atoms with Crippen molar-refractivity contribution in [2.24, 2.45) is 0 Å². The van der Waals surface area contributed by atoms with Gasteiger partial charge in [-0.2, -0.15) is 5.10 Å². The molecule has 0 radical (unpaired) electrons. The lowest BCUT2D eigenvalue weighted by Gasteiger charge is -2.09. The van der Waals surface area contributed by atoms with Crippen LogP contribution in [0.4, 0.5) is 5.69 Å². The smallest absolute Gasteiger partial charge is 0.276 e. The lowest BCUT2D eigenvalue weighted by Crippen LogP contribution is -2.26. The third kappa shape index (κ3) is 4.18. The number of aryl methyl sites for hydroxylation is 2. The molecule has 6 heteroatoms. The minimum absolute atomic E-state index is 0.171. The summed E-state index contributed by atoms with van der Waals surface area (Å²) in [6, 6.07) is 15.6. The van der Waals surface area contributed by atoms with E-state index in [-0.39, 0.29) is 23.7 Å². The maximum absolute atomic E-state index is 12.5. The second-order valence-corrected chi connectivity index (χ2v) is 6.53. The first-order valence-electron chi connectivity index (χ1n) is 8.13. The highest BCUT2D eigenvalue weighted by molar-refractivity contribution is 6.30. The molecule has 0 aliphatic rings. The van der Waals surface area contributed by atoms with E-state index in [1.165, 1.54) is 16.8 Å². The summed E-state index contributed by atoms with van der Waals surface area (Å²) < 4.78 is 1.25. The number of carbonyl (C=O) groups is 1. The third-order valence-electron chi connectivity index (χ3n) is 4.09. The molecule has 0 saturated carbocycles. The average molecular weight is 368 g/mol. The molecular weight excluding hydrogens is 350 g/mol. The van der Waals surface area contributed by atoms with Gasteiger partial charge in [-0.1, -0.05) is 29.8 Å². The maximum atomic E-state index is 12.5. The van der Waals surface area contributed by atoms with Crippen molar-refractivity contribution in [1.29, 1.82) is 0 Å². The molecule has 5 nitrogen and oxygen atoms in total. The number of carbonyl (C=O) groups excluding carboxylic acids is 1. The molecule has 1 aromatic heterocycles. The van der Waals surface area contributed by atoms with Gasteiger partial charge in [-0.25, -0.2) is 4.68 Å². The summed E-state index contributed by atoms with van der Waals surface area (Å²) in [7, 11) is 0. The number of anilines is 1. The summed E-state index contributed by atoms with van der Waals surface area (Å²) in [6.07, 6.45) is 0. The fraction of sp³-hybridized carbons (Fsp3) is 0.150. The van der Waals surface area contributed by atoms with E-state index in [9.17, 15) is 9.59 Å². The maximum Gasteiger partial charge on any atom is 0.276 e. The van der Waals surface area contributed by atoms with Crippen LogP contribution in [0.25, 0.3) is 0 Å². The first-order chi connectivity index (χ1) is 12.4. The van der Waals surface area contributed by atoms with Gasteiger partial charge in [0.25, 0.3) is 11.5 Å². The van der Waals surface area contributed by atoms with Gasteiger partial charge in [0.15, 0.2) is 0 Å². The van der Waals surface area contributed by atoms with Gasteiger partial charge in [0.05, 0.1) is 6.54 Å². The Morgan fingerprint density at radius 2 is 1.88 bits per heavy atom. The first-order valence-corrected chi connectivity index (χ1v) is 8.51. The Balaban J connectivity index is 1.83. The molecule has 0 unspecified atom stereocenters. The zero-order chi connectivity index (χ0) is 18.7. The molecule has 26 heavy (non-hydrogen) atoms. The van der Waals surface area contributed by atoms with Crippen LogP contribution in [0.5, 0.6) is 0 Å². The normalized spacial score (nSPS) is 10.6. The van der Waals surface area contributed by atoms with E-state index in [2.05, 4.69) is 10.4 Å². The van der Waals surface area contributed by atoms with Gasteiger partial charge in [-0.15, -0.1) is 0 Å². The molecule has 0 spiro atoms. The number of rotatable bonds is 4. The molecule has 3 rings (SSSR count). The van der Waals surface area contributed by atoms with Crippen molar-refractivity contribution in [3.8, 4) is 0 Å². The predicted octanol–water partition coefficient (Wildman–Crippen LogP) is 3.81. The van der Waals surface area contributed by atoms with E-state index in [0.29, 0.717) is 10.7 Å². The SMILES string of the molecule is Cc1ccc(NC(=O)c2ccc(=O)n(Cc3cccc(Cl)c3)n2)cc1C. The Morgan fingerprint density at radius 3 is 2.62 bits per heavy atom. The van der Waals surface area contributed by atoms with Crippen LogP contribution in [0.15, 0.2) is 59.4 Å². The van der Waals surface area contributed by atoms with Crippen LogP contribution in [0.1, 0.15) is 27.2 Å². The fourth-order valence-electron chi connectivity index (χ4n) is 2.51. The van der Waals surface area contributed by atoms with E-state index in [1.54, 1.807) is 18.2 Å². The summed E-state index contributed by atoms with van der Waals surface area (Å²) in [4.78, 5) is 24.5. The van der Waals surface area contributed by atoms with Crippen LogP contribution in [-0.2, 0) is 6.54 Å². The van der Waals surface area contributed by atoms with Crippen molar-refractivity contribution in [1.82, 2.24) is 9.78 Å². The Morgan fingerprint density at radius 1 is 1.08 bits per heavy atom. The minimum atomic E-state index is -0.368. The number of hydrogen-bond donors (Lipinski definition) is 1. The van der Waals surface area contributed by atoms with E-state index in [4.69, 9.17) is 11.6 Å². The molecule has 1 amide bonds. The van der Waals surface area contributed by atoms with Crippen LogP contribution >= 0.6 is 11.6 Å². The van der Waals surface area contributed by atoms with Crippen LogP contribution in [0.3, 0.4) is 0 Å². The first kappa shape index (κ1) is 17.9. The van der Waals surface area contributed by atoms with Gasteiger partial charge in [0, 0.05) is 16.8 Å². The quantitative estimate of drug-likeness (QED) is 0.762. The molecular formula is C20H18ClN3O2. The van der Waals surface area contributed by atoms with E-state index in [1.807, 2.05) is 38.1 Å².